The van der Waals surface area contributed by atoms with Gasteiger partial charge in [0.15, 0.2) is 0 Å². The minimum absolute atomic E-state index is 0.0116. The zero-order valence-corrected chi connectivity index (χ0v) is 11.2. The normalized spacial score (nSPS) is 14.2. The van der Waals surface area contributed by atoms with Crippen molar-refractivity contribution < 1.29 is 14.3 Å². The van der Waals surface area contributed by atoms with E-state index in [4.69, 9.17) is 5.73 Å². The Balaban J connectivity index is 4.22. The first kappa shape index (κ1) is 15.9. The molecule has 0 spiro atoms. The molecule has 0 aliphatic rings. The fourth-order valence-electron chi connectivity index (χ4n) is 1.45. The summed E-state index contributed by atoms with van der Waals surface area (Å²) < 4.78 is 4.66. The fraction of sp³-hybridized carbons (Fsp3) is 0.833. The van der Waals surface area contributed by atoms with Crippen LogP contribution in [0.2, 0.25) is 0 Å². The zero-order chi connectivity index (χ0) is 13.4. The molecule has 0 bridgehead atoms. The minimum Gasteiger partial charge on any atom is -0.467 e. The molecule has 0 radical (unpaired) electrons. The Morgan fingerprint density at radius 3 is 2.29 bits per heavy atom. The summed E-state index contributed by atoms with van der Waals surface area (Å²) in [6.07, 6.45) is 1.53. The van der Waals surface area contributed by atoms with Gasteiger partial charge in [-0.15, -0.1) is 0 Å². The van der Waals surface area contributed by atoms with E-state index >= 15 is 0 Å². The molecule has 0 aromatic carbocycles. The predicted octanol–water partition coefficient (Wildman–Crippen LogP) is 0.818. The summed E-state index contributed by atoms with van der Waals surface area (Å²) in [6, 6.07) is -0.567. The van der Waals surface area contributed by atoms with Crippen LogP contribution < -0.4 is 11.1 Å². The predicted molar refractivity (Wildman–Crippen MR) is 66.3 cm³/mol. The van der Waals surface area contributed by atoms with Crippen LogP contribution in [0.5, 0.6) is 0 Å². The Morgan fingerprint density at radius 2 is 1.88 bits per heavy atom. The topological polar surface area (TPSA) is 81.4 Å². The molecule has 5 heteroatoms. The van der Waals surface area contributed by atoms with Gasteiger partial charge in [0.2, 0.25) is 5.91 Å². The van der Waals surface area contributed by atoms with Crippen LogP contribution >= 0.6 is 0 Å². The van der Waals surface area contributed by atoms with Gasteiger partial charge in [-0.05, 0) is 25.7 Å². The maximum Gasteiger partial charge on any atom is 0.328 e. The highest BCUT2D eigenvalue weighted by molar-refractivity contribution is 5.84. The third kappa shape index (κ3) is 7.74. The monoisotopic (exact) mass is 244 g/mol. The molecule has 1 unspecified atom stereocenters. The van der Waals surface area contributed by atoms with Crippen LogP contribution in [0.1, 0.15) is 40.0 Å². The van der Waals surface area contributed by atoms with Gasteiger partial charge >= 0.3 is 5.97 Å². The van der Waals surface area contributed by atoms with E-state index in [9.17, 15) is 9.59 Å². The summed E-state index contributed by atoms with van der Waals surface area (Å²) in [4.78, 5) is 23.0. The van der Waals surface area contributed by atoms with Gasteiger partial charge in [-0.2, -0.15) is 0 Å². The number of amides is 1. The molecule has 17 heavy (non-hydrogen) atoms. The van der Waals surface area contributed by atoms with E-state index in [1.54, 1.807) is 0 Å². The molecule has 0 saturated carbocycles. The van der Waals surface area contributed by atoms with Gasteiger partial charge in [0, 0.05) is 12.5 Å². The van der Waals surface area contributed by atoms with E-state index in [1.807, 2.05) is 20.8 Å². The lowest BCUT2D eigenvalue weighted by Crippen LogP contribution is -2.42. The molecule has 0 rings (SSSR count). The summed E-state index contributed by atoms with van der Waals surface area (Å²) in [5, 5.41) is 2.69. The van der Waals surface area contributed by atoms with Crippen molar-refractivity contribution in [3.05, 3.63) is 0 Å². The molecule has 0 fully saturated rings. The van der Waals surface area contributed by atoms with Gasteiger partial charge in [-0.3, -0.25) is 4.79 Å². The first-order valence-electron chi connectivity index (χ1n) is 5.99. The molecule has 0 aliphatic carbocycles. The first-order chi connectivity index (χ1) is 7.86. The molecule has 1 amide bonds. The molecule has 0 saturated heterocycles. The SMILES string of the molecule is COC(=O)[C@H](CC(C)C)NC(=O)CCC(C)N. The van der Waals surface area contributed by atoms with Gasteiger partial charge in [0.25, 0.3) is 0 Å². The third-order valence-electron chi connectivity index (χ3n) is 2.35. The van der Waals surface area contributed by atoms with Crippen molar-refractivity contribution in [2.45, 2.75) is 52.1 Å². The number of nitrogens with two attached hydrogens (primary N) is 1. The van der Waals surface area contributed by atoms with Crippen molar-refractivity contribution >= 4 is 11.9 Å². The number of hydrogen-bond acceptors (Lipinski definition) is 4. The van der Waals surface area contributed by atoms with Gasteiger partial charge in [0.05, 0.1) is 7.11 Å². The van der Waals surface area contributed by atoms with Crippen molar-refractivity contribution in [2.75, 3.05) is 7.11 Å². The zero-order valence-electron chi connectivity index (χ0n) is 11.2. The average Bonchev–Trinajstić information content (AvgIpc) is 2.23. The first-order valence-corrected chi connectivity index (χ1v) is 5.99. The number of carbonyl (C=O) groups is 2. The smallest absolute Gasteiger partial charge is 0.328 e. The molecular formula is C12H24N2O3. The van der Waals surface area contributed by atoms with E-state index in [0.717, 1.165) is 0 Å². The lowest BCUT2D eigenvalue weighted by atomic mass is 10.0. The summed E-state index contributed by atoms with van der Waals surface area (Å²) in [5.74, 6) is -0.237. The number of methoxy groups -OCH3 is 1. The second-order valence-corrected chi connectivity index (χ2v) is 4.79. The maximum atomic E-state index is 11.6. The van der Waals surface area contributed by atoms with E-state index in [1.165, 1.54) is 7.11 Å². The van der Waals surface area contributed by atoms with Gasteiger partial charge < -0.3 is 15.8 Å². The number of hydrogen-bond donors (Lipinski definition) is 2. The molecule has 0 heterocycles. The number of carbonyl (C=O) groups excluding carboxylic acids is 2. The lowest BCUT2D eigenvalue weighted by Gasteiger charge is -2.18. The summed E-state index contributed by atoms with van der Waals surface area (Å²) in [5.41, 5.74) is 5.57. The molecule has 3 N–H and O–H groups in total. The summed E-state index contributed by atoms with van der Waals surface area (Å²) in [6.45, 7) is 5.83. The minimum atomic E-state index is -0.555. The Kier molecular flexibility index (Phi) is 7.54. The van der Waals surface area contributed by atoms with Crippen molar-refractivity contribution in [3.63, 3.8) is 0 Å². The van der Waals surface area contributed by atoms with Crippen LogP contribution in [-0.2, 0) is 14.3 Å². The van der Waals surface area contributed by atoms with Crippen molar-refractivity contribution in [1.29, 1.82) is 0 Å². The van der Waals surface area contributed by atoms with Crippen LogP contribution in [0.25, 0.3) is 0 Å². The van der Waals surface area contributed by atoms with Gasteiger partial charge in [-0.1, -0.05) is 13.8 Å². The standard InChI is InChI=1S/C12H24N2O3/c1-8(2)7-10(12(16)17-4)14-11(15)6-5-9(3)13/h8-10H,5-7,13H2,1-4H3,(H,14,15)/t9?,10-/m0/s1. The summed E-state index contributed by atoms with van der Waals surface area (Å²) in [7, 11) is 1.32. The molecule has 0 aromatic heterocycles. The van der Waals surface area contributed by atoms with Crippen molar-refractivity contribution in [2.24, 2.45) is 11.7 Å². The van der Waals surface area contributed by atoms with Crippen LogP contribution in [-0.4, -0.2) is 31.1 Å². The Hall–Kier alpha value is -1.10. The average molecular weight is 244 g/mol. The van der Waals surface area contributed by atoms with Crippen LogP contribution in [0.15, 0.2) is 0 Å². The molecule has 5 nitrogen and oxygen atoms in total. The molecule has 0 aliphatic heterocycles. The number of esters is 1. The fourth-order valence-corrected chi connectivity index (χ4v) is 1.45. The summed E-state index contributed by atoms with van der Waals surface area (Å²) >= 11 is 0. The Bertz CT molecular complexity index is 252. The number of rotatable bonds is 7. The highest BCUT2D eigenvalue weighted by Crippen LogP contribution is 2.07. The lowest BCUT2D eigenvalue weighted by molar-refractivity contribution is -0.145. The maximum absolute atomic E-state index is 11.6. The highest BCUT2D eigenvalue weighted by Gasteiger charge is 2.22. The van der Waals surface area contributed by atoms with Crippen molar-refractivity contribution in [3.8, 4) is 0 Å². The Morgan fingerprint density at radius 1 is 1.29 bits per heavy atom. The number of ether oxygens (including phenoxy) is 1. The highest BCUT2D eigenvalue weighted by atomic mass is 16.5. The third-order valence-corrected chi connectivity index (χ3v) is 2.35. The Labute approximate surface area is 103 Å². The second kappa shape index (κ2) is 8.06. The second-order valence-electron chi connectivity index (χ2n) is 4.79. The van der Waals surface area contributed by atoms with Crippen LogP contribution in [0, 0.1) is 5.92 Å². The van der Waals surface area contributed by atoms with E-state index in [-0.39, 0.29) is 11.9 Å². The van der Waals surface area contributed by atoms with E-state index in [2.05, 4.69) is 10.1 Å². The molecule has 2 atom stereocenters. The number of nitrogens with one attached hydrogen (secondary N) is 1. The van der Waals surface area contributed by atoms with Gasteiger partial charge in [0.1, 0.15) is 6.04 Å². The molecule has 0 aromatic rings. The van der Waals surface area contributed by atoms with Crippen LogP contribution in [0.4, 0.5) is 0 Å². The van der Waals surface area contributed by atoms with Crippen molar-refractivity contribution in [1.82, 2.24) is 5.32 Å². The molecular weight excluding hydrogens is 220 g/mol. The molecule has 100 valence electrons. The van der Waals surface area contributed by atoms with Crippen LogP contribution in [0.3, 0.4) is 0 Å². The largest absolute Gasteiger partial charge is 0.467 e. The van der Waals surface area contributed by atoms with E-state index in [0.29, 0.717) is 25.2 Å². The quantitative estimate of drug-likeness (QED) is 0.650. The van der Waals surface area contributed by atoms with Gasteiger partial charge in [-0.25, -0.2) is 4.79 Å². The van der Waals surface area contributed by atoms with E-state index < -0.39 is 12.0 Å².